The van der Waals surface area contributed by atoms with Gasteiger partial charge in [0.25, 0.3) is 0 Å². The van der Waals surface area contributed by atoms with Crippen molar-refractivity contribution in [2.45, 2.75) is 30.7 Å². The monoisotopic (exact) mass is 478 g/mol. The third kappa shape index (κ3) is 4.36. The van der Waals surface area contributed by atoms with Gasteiger partial charge in [-0.1, -0.05) is 0 Å². The lowest BCUT2D eigenvalue weighted by Crippen LogP contribution is -2.60. The second kappa shape index (κ2) is 9.44. The lowest BCUT2D eigenvalue weighted by atomic mass is 9.99. The molecule has 2 aromatic rings. The fourth-order valence-corrected chi connectivity index (χ4v) is 3.60. The third-order valence-electron chi connectivity index (χ3n) is 5.38. The molecule has 0 amide bonds. The number of hydrogen-bond donors (Lipinski definition) is 5. The van der Waals surface area contributed by atoms with Gasteiger partial charge in [-0.2, -0.15) is 0 Å². The Bertz CT molecular complexity index is 1100. The molecule has 5 N–H and O–H groups in total. The van der Waals surface area contributed by atoms with Crippen LogP contribution in [0.5, 0.6) is 28.7 Å². The SMILES string of the molecule is COc1cc(C(=O)C(=O)c2cc(O)cc(O[C@@H]3O[C@H](CO)[C@@H](O)[C@H](O)[C@H]3O)c2)cc2c1OCO2. The van der Waals surface area contributed by atoms with Gasteiger partial charge in [-0.05, 0) is 24.3 Å². The number of fused-ring (bicyclic) bond motifs is 1. The molecule has 0 saturated carbocycles. The Balaban J connectivity index is 1.57. The summed E-state index contributed by atoms with van der Waals surface area (Å²) < 4.78 is 26.4. The van der Waals surface area contributed by atoms with Gasteiger partial charge < -0.3 is 49.2 Å². The highest BCUT2D eigenvalue weighted by Crippen LogP contribution is 2.42. The zero-order chi connectivity index (χ0) is 24.6. The molecule has 2 aromatic carbocycles. The van der Waals surface area contributed by atoms with E-state index in [-0.39, 0.29) is 35.2 Å². The molecule has 0 bridgehead atoms. The van der Waals surface area contributed by atoms with Crippen LogP contribution in [0.3, 0.4) is 0 Å². The molecule has 2 heterocycles. The molecule has 182 valence electrons. The molecule has 5 atom stereocenters. The minimum atomic E-state index is -1.71. The van der Waals surface area contributed by atoms with Gasteiger partial charge >= 0.3 is 0 Å². The van der Waals surface area contributed by atoms with Crippen molar-refractivity contribution in [3.05, 3.63) is 41.5 Å². The van der Waals surface area contributed by atoms with Gasteiger partial charge in [0.05, 0.1) is 13.7 Å². The van der Waals surface area contributed by atoms with Crippen LogP contribution in [0.2, 0.25) is 0 Å². The van der Waals surface area contributed by atoms with Gasteiger partial charge in [-0.25, -0.2) is 0 Å². The van der Waals surface area contributed by atoms with Crippen LogP contribution in [0.1, 0.15) is 20.7 Å². The molecule has 4 rings (SSSR count). The number of phenols is 1. The Morgan fingerprint density at radius 2 is 1.68 bits per heavy atom. The topological polar surface area (TPSA) is 181 Å². The number of aromatic hydroxyl groups is 1. The van der Waals surface area contributed by atoms with Gasteiger partial charge in [0, 0.05) is 17.2 Å². The number of ketones is 2. The number of Topliss-reactive ketones (excluding diaryl/α,β-unsaturated/α-hetero) is 2. The summed E-state index contributed by atoms with van der Waals surface area (Å²) in [6.45, 7) is -0.732. The second-order valence-corrected chi connectivity index (χ2v) is 7.60. The number of benzene rings is 2. The molecule has 0 aliphatic carbocycles. The van der Waals surface area contributed by atoms with Crippen molar-refractivity contribution in [1.29, 1.82) is 0 Å². The second-order valence-electron chi connectivity index (χ2n) is 7.60. The Morgan fingerprint density at radius 3 is 2.35 bits per heavy atom. The average Bonchev–Trinajstić information content (AvgIpc) is 3.31. The van der Waals surface area contributed by atoms with E-state index in [4.69, 9.17) is 23.7 Å². The summed E-state index contributed by atoms with van der Waals surface area (Å²) in [5.41, 5.74) is -0.271. The highest BCUT2D eigenvalue weighted by atomic mass is 16.7. The summed E-state index contributed by atoms with van der Waals surface area (Å²) in [6, 6.07) is 5.92. The predicted octanol–water partition coefficient (Wildman–Crippen LogP) is -0.626. The van der Waals surface area contributed by atoms with Crippen molar-refractivity contribution < 1.29 is 58.8 Å². The molecule has 0 spiro atoms. The largest absolute Gasteiger partial charge is 0.508 e. The summed E-state index contributed by atoms with van der Waals surface area (Å²) in [6.07, 6.45) is -7.74. The first-order valence-corrected chi connectivity index (χ1v) is 10.1. The van der Waals surface area contributed by atoms with Crippen LogP contribution in [0.15, 0.2) is 30.3 Å². The molecule has 0 radical (unpaired) electrons. The van der Waals surface area contributed by atoms with E-state index in [9.17, 15) is 35.1 Å². The molecular weight excluding hydrogens is 456 g/mol. The maximum Gasteiger partial charge on any atom is 0.233 e. The quantitative estimate of drug-likeness (QED) is 0.251. The van der Waals surface area contributed by atoms with Gasteiger partial charge in [-0.15, -0.1) is 0 Å². The van der Waals surface area contributed by atoms with Crippen molar-refractivity contribution in [3.63, 3.8) is 0 Å². The van der Waals surface area contributed by atoms with Crippen LogP contribution >= 0.6 is 0 Å². The van der Waals surface area contributed by atoms with Crippen LogP contribution in [0.4, 0.5) is 0 Å². The van der Waals surface area contributed by atoms with E-state index in [0.717, 1.165) is 18.2 Å². The van der Waals surface area contributed by atoms with E-state index < -0.39 is 54.6 Å². The Kier molecular flexibility index (Phi) is 6.59. The normalized spacial score (nSPS) is 25.6. The number of aliphatic hydroxyl groups is 4. The molecule has 1 fully saturated rings. The summed E-state index contributed by atoms with van der Waals surface area (Å²) in [7, 11) is 1.37. The summed E-state index contributed by atoms with van der Waals surface area (Å²) in [4.78, 5) is 25.7. The zero-order valence-electron chi connectivity index (χ0n) is 17.8. The average molecular weight is 478 g/mol. The van der Waals surface area contributed by atoms with Crippen LogP contribution < -0.4 is 18.9 Å². The van der Waals surface area contributed by atoms with E-state index in [1.807, 2.05) is 0 Å². The van der Waals surface area contributed by atoms with Crippen LogP contribution in [-0.4, -0.2) is 88.3 Å². The van der Waals surface area contributed by atoms with E-state index in [1.165, 1.54) is 19.2 Å². The highest BCUT2D eigenvalue weighted by molar-refractivity contribution is 6.49. The summed E-state index contributed by atoms with van der Waals surface area (Å²) >= 11 is 0. The Hall–Kier alpha value is -3.42. The van der Waals surface area contributed by atoms with Crippen LogP contribution in [-0.2, 0) is 4.74 Å². The molecule has 0 aromatic heterocycles. The highest BCUT2D eigenvalue weighted by Gasteiger charge is 2.44. The molecular formula is C22H22O12. The molecule has 34 heavy (non-hydrogen) atoms. The smallest absolute Gasteiger partial charge is 0.233 e. The van der Waals surface area contributed by atoms with E-state index in [2.05, 4.69) is 0 Å². The fraction of sp³-hybridized carbons (Fsp3) is 0.364. The van der Waals surface area contributed by atoms with Gasteiger partial charge in [-0.3, -0.25) is 9.59 Å². The maximum atomic E-state index is 12.9. The van der Waals surface area contributed by atoms with Crippen molar-refractivity contribution in [1.82, 2.24) is 0 Å². The molecule has 0 unspecified atom stereocenters. The van der Waals surface area contributed by atoms with Crippen molar-refractivity contribution in [3.8, 4) is 28.7 Å². The Labute approximate surface area is 192 Å². The standard InChI is InChI=1S/C22H22O12/c1-30-13-4-10(5-14-21(13)32-8-31-14)17(26)16(25)9-2-11(24)6-12(3-9)33-22-20(29)19(28)18(27)15(7-23)34-22/h2-6,15,18-20,22-24,27-29H,7-8H2,1H3/t15-,18-,19+,20-,22-/m1/s1. The number of rotatable bonds is 7. The van der Waals surface area contributed by atoms with Crippen molar-refractivity contribution in [2.75, 3.05) is 20.5 Å². The lowest BCUT2D eigenvalue weighted by Gasteiger charge is -2.39. The Morgan fingerprint density at radius 1 is 0.971 bits per heavy atom. The van der Waals surface area contributed by atoms with Gasteiger partial charge in [0.1, 0.15) is 35.9 Å². The molecule has 12 nitrogen and oxygen atoms in total. The minimum Gasteiger partial charge on any atom is -0.508 e. The first-order chi connectivity index (χ1) is 16.2. The van der Waals surface area contributed by atoms with Crippen LogP contribution in [0, 0.1) is 0 Å². The number of ether oxygens (including phenoxy) is 5. The minimum absolute atomic E-state index is 0.0363. The van der Waals surface area contributed by atoms with Gasteiger partial charge in [0.2, 0.25) is 30.4 Å². The van der Waals surface area contributed by atoms with Crippen molar-refractivity contribution >= 4 is 11.6 Å². The van der Waals surface area contributed by atoms with Crippen molar-refractivity contribution in [2.24, 2.45) is 0 Å². The number of methoxy groups -OCH3 is 1. The zero-order valence-corrected chi connectivity index (χ0v) is 17.8. The molecule has 1 saturated heterocycles. The van der Waals surface area contributed by atoms with E-state index in [1.54, 1.807) is 0 Å². The first-order valence-electron chi connectivity index (χ1n) is 10.1. The molecule has 2 aliphatic heterocycles. The summed E-state index contributed by atoms with van der Waals surface area (Å²) in [5.74, 6) is -1.78. The number of carbonyl (C=O) groups is 2. The number of hydrogen-bond acceptors (Lipinski definition) is 12. The summed E-state index contributed by atoms with van der Waals surface area (Å²) in [5, 5.41) is 49.3. The third-order valence-corrected chi connectivity index (χ3v) is 5.38. The number of phenolic OH excluding ortho intramolecular Hbond substituents is 1. The number of aliphatic hydroxyl groups excluding tert-OH is 4. The molecule has 2 aliphatic rings. The number of carbonyl (C=O) groups excluding carboxylic acids is 2. The molecule has 12 heteroatoms. The fourth-order valence-electron chi connectivity index (χ4n) is 3.60. The van der Waals surface area contributed by atoms with Crippen LogP contribution in [0.25, 0.3) is 0 Å². The van der Waals surface area contributed by atoms with Gasteiger partial charge in [0.15, 0.2) is 11.5 Å². The van der Waals surface area contributed by atoms with E-state index in [0.29, 0.717) is 5.75 Å². The predicted molar refractivity (Wildman–Crippen MR) is 110 cm³/mol. The maximum absolute atomic E-state index is 12.9. The first kappa shape index (κ1) is 23.7. The van der Waals surface area contributed by atoms with E-state index >= 15 is 0 Å². The lowest BCUT2D eigenvalue weighted by molar-refractivity contribution is -0.277.